The topological polar surface area (TPSA) is 82.2 Å². The zero-order chi connectivity index (χ0) is 21.6. The van der Waals surface area contributed by atoms with Crippen molar-refractivity contribution in [3.63, 3.8) is 0 Å². The summed E-state index contributed by atoms with van der Waals surface area (Å²) >= 11 is 0. The molecule has 1 amide bonds. The van der Waals surface area contributed by atoms with E-state index in [1.165, 1.54) is 5.56 Å². The molecule has 7 nitrogen and oxygen atoms in total. The first-order valence-electron chi connectivity index (χ1n) is 10.7. The third-order valence-corrected chi connectivity index (χ3v) is 5.61. The molecular weight excluding hydrogens is 390 g/mol. The molecule has 0 unspecified atom stereocenters. The minimum absolute atomic E-state index is 0.0586. The lowest BCUT2D eigenvalue weighted by Gasteiger charge is -2.34. The third kappa shape index (κ3) is 5.44. The van der Waals surface area contributed by atoms with Gasteiger partial charge in [0.05, 0.1) is 0 Å². The Morgan fingerprint density at radius 2 is 1.77 bits per heavy atom. The number of carbonyl (C=O) groups is 1. The molecule has 0 radical (unpaired) electrons. The second-order valence-electron chi connectivity index (χ2n) is 7.96. The highest BCUT2D eigenvalue weighted by molar-refractivity contribution is 5.76. The van der Waals surface area contributed by atoms with E-state index in [1.807, 2.05) is 54.3 Å². The van der Waals surface area contributed by atoms with Gasteiger partial charge in [-0.1, -0.05) is 54.1 Å². The number of carbonyl (C=O) groups excluding carboxylic acids is 1. The Hall–Kier alpha value is -3.32. The lowest BCUT2D eigenvalue weighted by molar-refractivity contribution is -0.133. The monoisotopic (exact) mass is 417 g/mol. The summed E-state index contributed by atoms with van der Waals surface area (Å²) in [5.74, 6) is 0.502. The zero-order valence-corrected chi connectivity index (χ0v) is 17.8. The lowest BCUT2D eigenvalue weighted by Crippen LogP contribution is -2.48. The SMILES string of the molecule is Cc1cccc(-c2nnc(CCC(=O)N3CCN(Cc4ccccc4)CC3)c(=O)[nH]2)c1. The van der Waals surface area contributed by atoms with E-state index in [0.717, 1.165) is 30.8 Å². The Morgan fingerprint density at radius 1 is 1.00 bits per heavy atom. The van der Waals surface area contributed by atoms with E-state index in [1.54, 1.807) is 0 Å². The van der Waals surface area contributed by atoms with E-state index in [9.17, 15) is 9.59 Å². The smallest absolute Gasteiger partial charge is 0.273 e. The number of hydrogen-bond donors (Lipinski definition) is 1. The molecule has 7 heteroatoms. The van der Waals surface area contributed by atoms with Gasteiger partial charge in [-0.25, -0.2) is 0 Å². The second kappa shape index (κ2) is 9.66. The number of amides is 1. The fourth-order valence-corrected chi connectivity index (χ4v) is 3.83. The normalized spacial score (nSPS) is 14.5. The highest BCUT2D eigenvalue weighted by Crippen LogP contribution is 2.14. The maximum absolute atomic E-state index is 12.6. The number of hydrogen-bond acceptors (Lipinski definition) is 5. The van der Waals surface area contributed by atoms with Crippen LogP contribution in [0, 0.1) is 6.92 Å². The average Bonchev–Trinajstić information content (AvgIpc) is 2.79. The third-order valence-electron chi connectivity index (χ3n) is 5.61. The summed E-state index contributed by atoms with van der Waals surface area (Å²) in [5.41, 5.74) is 3.20. The van der Waals surface area contributed by atoms with Crippen LogP contribution < -0.4 is 5.56 Å². The highest BCUT2D eigenvalue weighted by Gasteiger charge is 2.21. The Bertz CT molecular complexity index is 1090. The number of nitrogens with one attached hydrogen (secondary N) is 1. The van der Waals surface area contributed by atoms with Crippen LogP contribution in [0.25, 0.3) is 11.4 Å². The predicted molar refractivity (Wildman–Crippen MR) is 119 cm³/mol. The predicted octanol–water partition coefficient (Wildman–Crippen LogP) is 2.42. The number of benzene rings is 2. The van der Waals surface area contributed by atoms with Gasteiger partial charge in [0, 0.05) is 51.1 Å². The van der Waals surface area contributed by atoms with E-state index >= 15 is 0 Å². The molecule has 0 aliphatic carbocycles. The van der Waals surface area contributed by atoms with Crippen molar-refractivity contribution in [1.82, 2.24) is 25.0 Å². The van der Waals surface area contributed by atoms with Crippen molar-refractivity contribution in [1.29, 1.82) is 0 Å². The van der Waals surface area contributed by atoms with Gasteiger partial charge in [-0.15, -0.1) is 10.2 Å². The summed E-state index contributed by atoms with van der Waals surface area (Å²) in [6.07, 6.45) is 0.555. The van der Waals surface area contributed by atoms with E-state index in [-0.39, 0.29) is 17.9 Å². The molecule has 1 aromatic heterocycles. The van der Waals surface area contributed by atoms with Crippen molar-refractivity contribution in [2.45, 2.75) is 26.3 Å². The van der Waals surface area contributed by atoms with E-state index in [0.29, 0.717) is 31.0 Å². The van der Waals surface area contributed by atoms with Gasteiger partial charge in [0.15, 0.2) is 5.82 Å². The van der Waals surface area contributed by atoms with Crippen LogP contribution >= 0.6 is 0 Å². The molecule has 3 aromatic rings. The van der Waals surface area contributed by atoms with Crippen LogP contribution in [0.1, 0.15) is 23.2 Å². The Balaban J connectivity index is 1.28. The molecule has 160 valence electrons. The summed E-state index contributed by atoms with van der Waals surface area (Å²) in [6, 6.07) is 18.1. The summed E-state index contributed by atoms with van der Waals surface area (Å²) in [7, 11) is 0. The van der Waals surface area contributed by atoms with Gasteiger partial charge < -0.3 is 9.88 Å². The largest absolute Gasteiger partial charge is 0.340 e. The maximum atomic E-state index is 12.6. The molecule has 1 N–H and O–H groups in total. The number of rotatable bonds is 6. The Morgan fingerprint density at radius 3 is 2.48 bits per heavy atom. The number of aromatic amines is 1. The van der Waals surface area contributed by atoms with E-state index in [4.69, 9.17) is 0 Å². The van der Waals surface area contributed by atoms with Crippen molar-refractivity contribution in [3.05, 3.63) is 81.8 Å². The first-order chi connectivity index (χ1) is 15.1. The maximum Gasteiger partial charge on any atom is 0.273 e. The summed E-state index contributed by atoms with van der Waals surface area (Å²) < 4.78 is 0. The van der Waals surface area contributed by atoms with Crippen LogP contribution in [-0.4, -0.2) is 57.1 Å². The number of piperazine rings is 1. The van der Waals surface area contributed by atoms with Gasteiger partial charge in [0.25, 0.3) is 5.56 Å². The molecule has 1 aliphatic heterocycles. The Kier molecular flexibility index (Phi) is 6.52. The highest BCUT2D eigenvalue weighted by atomic mass is 16.2. The van der Waals surface area contributed by atoms with Gasteiger partial charge in [-0.05, 0) is 18.6 Å². The average molecular weight is 418 g/mol. The molecular formula is C24H27N5O2. The van der Waals surface area contributed by atoms with E-state index in [2.05, 4.69) is 32.2 Å². The minimum atomic E-state index is -0.285. The summed E-state index contributed by atoms with van der Waals surface area (Å²) in [6.45, 7) is 6.01. The number of aromatic nitrogens is 3. The van der Waals surface area contributed by atoms with Gasteiger partial charge in [-0.2, -0.15) is 0 Å². The quantitative estimate of drug-likeness (QED) is 0.666. The van der Waals surface area contributed by atoms with Crippen molar-refractivity contribution in [3.8, 4) is 11.4 Å². The molecule has 2 heterocycles. The van der Waals surface area contributed by atoms with Gasteiger partial charge in [0.1, 0.15) is 5.69 Å². The van der Waals surface area contributed by atoms with Crippen LogP contribution in [0.3, 0.4) is 0 Å². The second-order valence-corrected chi connectivity index (χ2v) is 7.96. The molecule has 0 spiro atoms. The molecule has 0 atom stereocenters. The first-order valence-corrected chi connectivity index (χ1v) is 10.7. The molecule has 4 rings (SSSR count). The first kappa shape index (κ1) is 20.9. The molecule has 31 heavy (non-hydrogen) atoms. The van der Waals surface area contributed by atoms with Crippen LogP contribution in [0.4, 0.5) is 0 Å². The van der Waals surface area contributed by atoms with Crippen molar-refractivity contribution in [2.24, 2.45) is 0 Å². The molecule has 1 saturated heterocycles. The summed E-state index contributed by atoms with van der Waals surface area (Å²) in [4.78, 5) is 32.1. The molecule has 2 aromatic carbocycles. The fraction of sp³-hybridized carbons (Fsp3) is 0.333. The molecule has 0 bridgehead atoms. The zero-order valence-electron chi connectivity index (χ0n) is 17.8. The van der Waals surface area contributed by atoms with Gasteiger partial charge in [0.2, 0.25) is 5.91 Å². The van der Waals surface area contributed by atoms with Gasteiger partial charge >= 0.3 is 0 Å². The van der Waals surface area contributed by atoms with Crippen molar-refractivity contribution >= 4 is 5.91 Å². The minimum Gasteiger partial charge on any atom is -0.340 e. The molecule has 1 fully saturated rings. The number of aryl methyl sites for hydroxylation is 2. The van der Waals surface area contributed by atoms with Crippen LogP contribution in [0.5, 0.6) is 0 Å². The van der Waals surface area contributed by atoms with Gasteiger partial charge in [-0.3, -0.25) is 14.5 Å². The number of H-pyrrole nitrogens is 1. The number of nitrogens with zero attached hydrogens (tertiary/aromatic N) is 4. The molecule has 1 aliphatic rings. The van der Waals surface area contributed by atoms with Crippen molar-refractivity contribution < 1.29 is 4.79 Å². The van der Waals surface area contributed by atoms with Crippen LogP contribution in [-0.2, 0) is 17.8 Å². The van der Waals surface area contributed by atoms with Crippen LogP contribution in [0.2, 0.25) is 0 Å². The lowest BCUT2D eigenvalue weighted by atomic mass is 10.1. The summed E-state index contributed by atoms with van der Waals surface area (Å²) in [5, 5.41) is 8.24. The Labute approximate surface area is 181 Å². The van der Waals surface area contributed by atoms with E-state index < -0.39 is 0 Å². The van der Waals surface area contributed by atoms with Crippen molar-refractivity contribution in [2.75, 3.05) is 26.2 Å². The van der Waals surface area contributed by atoms with Crippen LogP contribution in [0.15, 0.2) is 59.4 Å². The standard InChI is InChI=1S/C24H27N5O2/c1-18-6-5-9-20(16-18)23-25-24(31)21(26-27-23)10-11-22(30)29-14-12-28(13-15-29)17-19-7-3-2-4-8-19/h2-9,16H,10-15,17H2,1H3,(H,25,27,31). The fourth-order valence-electron chi connectivity index (χ4n) is 3.83. The molecule has 0 saturated carbocycles.